The van der Waals surface area contributed by atoms with Gasteiger partial charge in [-0.1, -0.05) is 18.2 Å². The quantitative estimate of drug-likeness (QED) is 0.875. The molecule has 0 bridgehead atoms. The Morgan fingerprint density at radius 1 is 1.42 bits per heavy atom. The Kier molecular flexibility index (Phi) is 3.79. The number of hydrogen-bond donors (Lipinski definition) is 2. The molecule has 1 atom stereocenters. The van der Waals surface area contributed by atoms with Crippen molar-refractivity contribution < 1.29 is 9.53 Å². The zero-order valence-corrected chi connectivity index (χ0v) is 11.1. The Labute approximate surface area is 111 Å². The summed E-state index contributed by atoms with van der Waals surface area (Å²) in [6.07, 6.45) is 0. The summed E-state index contributed by atoms with van der Waals surface area (Å²) in [6, 6.07) is 7.36. The van der Waals surface area contributed by atoms with Crippen LogP contribution in [0, 0.1) is 6.92 Å². The summed E-state index contributed by atoms with van der Waals surface area (Å²) < 4.78 is 5.27. The van der Waals surface area contributed by atoms with Crippen LogP contribution in [0.1, 0.15) is 35.0 Å². The minimum atomic E-state index is -0.317. The zero-order chi connectivity index (χ0) is 13.8. The molecule has 0 aliphatic carbocycles. The molecule has 2 N–H and O–H groups in total. The number of nitrogens with one attached hydrogen (secondary N) is 2. The van der Waals surface area contributed by atoms with Crippen LogP contribution in [0.4, 0.5) is 0 Å². The van der Waals surface area contributed by atoms with Gasteiger partial charge in [0, 0.05) is 5.56 Å². The number of rotatable bonds is 4. The zero-order valence-electron chi connectivity index (χ0n) is 11.1. The van der Waals surface area contributed by atoms with Crippen molar-refractivity contribution in [3.8, 4) is 5.75 Å². The number of carbonyl (C=O) groups excluding carboxylic acids is 1. The van der Waals surface area contributed by atoms with Crippen molar-refractivity contribution >= 4 is 5.91 Å². The van der Waals surface area contributed by atoms with Gasteiger partial charge in [-0.15, -0.1) is 5.10 Å². The highest BCUT2D eigenvalue weighted by molar-refractivity contribution is 5.90. The van der Waals surface area contributed by atoms with Crippen molar-refractivity contribution in [1.29, 1.82) is 0 Å². The smallest absolute Gasteiger partial charge is 0.291 e. The third kappa shape index (κ3) is 2.90. The van der Waals surface area contributed by atoms with E-state index in [1.54, 1.807) is 14.0 Å². The largest absolute Gasteiger partial charge is 0.496 e. The third-order valence-electron chi connectivity index (χ3n) is 2.75. The Balaban J connectivity index is 2.12. The lowest BCUT2D eigenvalue weighted by Crippen LogP contribution is -2.27. The van der Waals surface area contributed by atoms with Gasteiger partial charge in [0.05, 0.1) is 13.2 Å². The van der Waals surface area contributed by atoms with Crippen LogP contribution in [0.5, 0.6) is 5.75 Å². The third-order valence-corrected chi connectivity index (χ3v) is 2.75. The molecule has 0 aliphatic rings. The van der Waals surface area contributed by atoms with E-state index >= 15 is 0 Å². The van der Waals surface area contributed by atoms with E-state index in [0.29, 0.717) is 5.82 Å². The molecule has 1 amide bonds. The number of aromatic amines is 1. The summed E-state index contributed by atoms with van der Waals surface area (Å²) in [7, 11) is 1.60. The standard InChI is InChI=1S/C13H16N4O2/c1-8(10-6-4-5-7-11(10)19-3)14-13(18)12-15-9(2)16-17-12/h4-8H,1-3H3,(H,14,18)(H,15,16,17). The lowest BCUT2D eigenvalue weighted by molar-refractivity contribution is 0.0929. The molecule has 6 heteroatoms. The number of aryl methyl sites for hydroxylation is 1. The molecule has 0 spiro atoms. The van der Waals surface area contributed by atoms with Crippen molar-refractivity contribution in [2.45, 2.75) is 19.9 Å². The molecule has 1 heterocycles. The highest BCUT2D eigenvalue weighted by Gasteiger charge is 2.17. The van der Waals surface area contributed by atoms with Crippen LogP contribution in [0.3, 0.4) is 0 Å². The number of amides is 1. The summed E-state index contributed by atoms with van der Waals surface area (Å²) in [5.74, 6) is 1.17. The van der Waals surface area contributed by atoms with Crippen molar-refractivity contribution in [3.05, 3.63) is 41.5 Å². The van der Waals surface area contributed by atoms with Gasteiger partial charge in [0.15, 0.2) is 0 Å². The fourth-order valence-electron chi connectivity index (χ4n) is 1.81. The number of H-pyrrole nitrogens is 1. The predicted octanol–water partition coefficient (Wildman–Crippen LogP) is 1.61. The summed E-state index contributed by atoms with van der Waals surface area (Å²) in [5.41, 5.74) is 0.908. The van der Waals surface area contributed by atoms with Crippen LogP contribution in [0.25, 0.3) is 0 Å². The summed E-state index contributed by atoms with van der Waals surface area (Å²) in [6.45, 7) is 3.63. The lowest BCUT2D eigenvalue weighted by atomic mass is 10.1. The highest BCUT2D eigenvalue weighted by atomic mass is 16.5. The maximum absolute atomic E-state index is 11.9. The Bertz CT molecular complexity index is 580. The van der Waals surface area contributed by atoms with Gasteiger partial charge >= 0.3 is 0 Å². The summed E-state index contributed by atoms with van der Waals surface area (Å²) >= 11 is 0. The van der Waals surface area contributed by atoms with E-state index in [1.807, 2.05) is 31.2 Å². The molecule has 0 radical (unpaired) electrons. The SMILES string of the molecule is COc1ccccc1C(C)NC(=O)c1n[nH]c(C)n1. The molecule has 0 aliphatic heterocycles. The second kappa shape index (κ2) is 5.51. The van der Waals surface area contributed by atoms with Crippen LogP contribution in [0.2, 0.25) is 0 Å². The van der Waals surface area contributed by atoms with Crippen LogP contribution < -0.4 is 10.1 Å². The molecule has 0 saturated carbocycles. The minimum absolute atomic E-state index is 0.138. The van der Waals surface area contributed by atoms with Gasteiger partial charge in [0.2, 0.25) is 5.82 Å². The average molecular weight is 260 g/mol. The molecular weight excluding hydrogens is 244 g/mol. The predicted molar refractivity (Wildman–Crippen MR) is 70.0 cm³/mol. The lowest BCUT2D eigenvalue weighted by Gasteiger charge is -2.16. The van der Waals surface area contributed by atoms with Gasteiger partial charge in [0.1, 0.15) is 11.6 Å². The highest BCUT2D eigenvalue weighted by Crippen LogP contribution is 2.24. The van der Waals surface area contributed by atoms with Gasteiger partial charge in [-0.05, 0) is 19.9 Å². The molecular formula is C13H16N4O2. The Hall–Kier alpha value is -2.37. The topological polar surface area (TPSA) is 79.9 Å². The first-order valence-corrected chi connectivity index (χ1v) is 5.94. The minimum Gasteiger partial charge on any atom is -0.496 e. The second-order valence-electron chi connectivity index (χ2n) is 4.18. The fraction of sp³-hybridized carbons (Fsp3) is 0.308. The first kappa shape index (κ1) is 13.1. The molecule has 19 heavy (non-hydrogen) atoms. The number of ether oxygens (including phenoxy) is 1. The monoisotopic (exact) mass is 260 g/mol. The first-order chi connectivity index (χ1) is 9.11. The number of carbonyl (C=O) groups is 1. The Morgan fingerprint density at radius 3 is 2.79 bits per heavy atom. The summed E-state index contributed by atoms with van der Waals surface area (Å²) in [4.78, 5) is 15.9. The van der Waals surface area contributed by atoms with Crippen molar-refractivity contribution in [3.63, 3.8) is 0 Å². The van der Waals surface area contributed by atoms with Crippen molar-refractivity contribution in [2.75, 3.05) is 7.11 Å². The van der Waals surface area contributed by atoms with Crippen LogP contribution in [-0.4, -0.2) is 28.2 Å². The molecule has 1 aromatic carbocycles. The Morgan fingerprint density at radius 2 is 2.16 bits per heavy atom. The normalized spacial score (nSPS) is 11.9. The van der Waals surface area contributed by atoms with Gasteiger partial charge in [-0.3, -0.25) is 9.89 Å². The average Bonchev–Trinajstić information content (AvgIpc) is 2.85. The molecule has 1 aromatic heterocycles. The number of nitrogens with zero attached hydrogens (tertiary/aromatic N) is 2. The maximum atomic E-state index is 11.9. The molecule has 1 unspecified atom stereocenters. The molecule has 6 nitrogen and oxygen atoms in total. The van der Waals surface area contributed by atoms with Crippen LogP contribution in [0.15, 0.2) is 24.3 Å². The number of methoxy groups -OCH3 is 1. The van der Waals surface area contributed by atoms with E-state index in [0.717, 1.165) is 11.3 Å². The van der Waals surface area contributed by atoms with E-state index in [-0.39, 0.29) is 17.8 Å². The van der Waals surface area contributed by atoms with E-state index in [9.17, 15) is 4.79 Å². The van der Waals surface area contributed by atoms with Crippen molar-refractivity contribution in [1.82, 2.24) is 20.5 Å². The first-order valence-electron chi connectivity index (χ1n) is 5.94. The van der Waals surface area contributed by atoms with E-state index in [1.165, 1.54) is 0 Å². The summed E-state index contributed by atoms with van der Waals surface area (Å²) in [5, 5.41) is 9.30. The van der Waals surface area contributed by atoms with Crippen molar-refractivity contribution in [2.24, 2.45) is 0 Å². The van der Waals surface area contributed by atoms with Gasteiger partial charge in [-0.25, -0.2) is 4.98 Å². The number of para-hydroxylation sites is 1. The number of hydrogen-bond acceptors (Lipinski definition) is 4. The van der Waals surface area contributed by atoms with Crippen LogP contribution >= 0.6 is 0 Å². The van der Waals surface area contributed by atoms with Gasteiger partial charge < -0.3 is 10.1 Å². The molecule has 0 saturated heterocycles. The van der Waals surface area contributed by atoms with Crippen LogP contribution in [-0.2, 0) is 0 Å². The maximum Gasteiger partial charge on any atom is 0.291 e. The molecule has 100 valence electrons. The van der Waals surface area contributed by atoms with E-state index in [2.05, 4.69) is 20.5 Å². The van der Waals surface area contributed by atoms with Gasteiger partial charge in [0.25, 0.3) is 5.91 Å². The number of aromatic nitrogens is 3. The fourth-order valence-corrected chi connectivity index (χ4v) is 1.81. The molecule has 2 rings (SSSR count). The number of benzene rings is 1. The molecule has 0 fully saturated rings. The molecule has 2 aromatic rings. The van der Waals surface area contributed by atoms with E-state index in [4.69, 9.17) is 4.74 Å². The second-order valence-corrected chi connectivity index (χ2v) is 4.18. The van der Waals surface area contributed by atoms with E-state index < -0.39 is 0 Å². The van der Waals surface area contributed by atoms with Gasteiger partial charge in [-0.2, -0.15) is 0 Å².